The summed E-state index contributed by atoms with van der Waals surface area (Å²) in [6.45, 7) is 8.69. The molecular weight excluding hydrogens is 220 g/mol. The van der Waals surface area contributed by atoms with Crippen molar-refractivity contribution in [3.05, 3.63) is 11.3 Å². The summed E-state index contributed by atoms with van der Waals surface area (Å²) in [6, 6.07) is 0. The van der Waals surface area contributed by atoms with Gasteiger partial charge in [-0.05, 0) is 32.8 Å². The fourth-order valence-electron chi connectivity index (χ4n) is 2.55. The zero-order chi connectivity index (χ0) is 12.2. The molecule has 0 saturated carbocycles. The van der Waals surface area contributed by atoms with Gasteiger partial charge in [0.05, 0.1) is 6.61 Å². The minimum atomic E-state index is -0.495. The lowest BCUT2D eigenvalue weighted by atomic mass is 10.1. The number of allylic oxidation sites excluding steroid dienone is 1. The van der Waals surface area contributed by atoms with Crippen molar-refractivity contribution in [1.29, 1.82) is 0 Å². The molecule has 17 heavy (non-hydrogen) atoms. The third kappa shape index (κ3) is 1.88. The van der Waals surface area contributed by atoms with Crippen molar-refractivity contribution < 1.29 is 18.9 Å². The molecule has 3 aliphatic rings. The van der Waals surface area contributed by atoms with E-state index in [1.807, 2.05) is 13.8 Å². The molecule has 4 nitrogen and oxygen atoms in total. The van der Waals surface area contributed by atoms with Crippen LogP contribution in [0.3, 0.4) is 0 Å². The van der Waals surface area contributed by atoms with Crippen molar-refractivity contribution in [3.63, 3.8) is 0 Å². The zero-order valence-corrected chi connectivity index (χ0v) is 10.9. The summed E-state index contributed by atoms with van der Waals surface area (Å²) in [7, 11) is 0. The Bertz CT molecular complexity index is 360. The van der Waals surface area contributed by atoms with Gasteiger partial charge >= 0.3 is 0 Å². The fourth-order valence-corrected chi connectivity index (χ4v) is 2.55. The first-order chi connectivity index (χ1) is 8.02. The van der Waals surface area contributed by atoms with Crippen LogP contribution in [-0.2, 0) is 18.9 Å². The molecule has 0 amide bonds. The highest BCUT2D eigenvalue weighted by Gasteiger charge is 2.60. The molecule has 3 heterocycles. The lowest BCUT2D eigenvalue weighted by molar-refractivity contribution is -0.153. The van der Waals surface area contributed by atoms with Gasteiger partial charge in [0, 0.05) is 0 Å². The topological polar surface area (TPSA) is 40.2 Å². The Morgan fingerprint density at radius 3 is 2.71 bits per heavy atom. The summed E-state index contributed by atoms with van der Waals surface area (Å²) < 4.78 is 23.1. The zero-order valence-electron chi connectivity index (χ0n) is 10.9. The maximum atomic E-state index is 6.00. The molecule has 3 fully saturated rings. The van der Waals surface area contributed by atoms with Crippen molar-refractivity contribution in [1.82, 2.24) is 0 Å². The first-order valence-electron chi connectivity index (χ1n) is 6.35. The molecule has 3 aliphatic heterocycles. The summed E-state index contributed by atoms with van der Waals surface area (Å²) in [4.78, 5) is 0. The van der Waals surface area contributed by atoms with E-state index in [0.717, 1.165) is 12.2 Å². The van der Waals surface area contributed by atoms with Gasteiger partial charge in [-0.1, -0.05) is 6.92 Å². The standard InChI is InChI=1S/C13H20O4/c1-5-7(2)9-11-12(16-11)10(15-9)8-6-14-13(3,4)17-8/h8,10-12H,5-6H2,1-4H3/b9-7+/t8-,10+,11+,12-/m0/s1. The van der Waals surface area contributed by atoms with E-state index in [-0.39, 0.29) is 24.4 Å². The Morgan fingerprint density at radius 2 is 2.12 bits per heavy atom. The van der Waals surface area contributed by atoms with Crippen molar-refractivity contribution in [2.45, 2.75) is 64.3 Å². The molecule has 4 heteroatoms. The molecule has 0 radical (unpaired) electrons. The Kier molecular flexibility index (Phi) is 2.51. The summed E-state index contributed by atoms with van der Waals surface area (Å²) in [5.41, 5.74) is 1.28. The maximum absolute atomic E-state index is 6.00. The van der Waals surface area contributed by atoms with E-state index in [9.17, 15) is 0 Å². The highest BCUT2D eigenvalue weighted by Crippen LogP contribution is 2.46. The average Bonchev–Trinajstić information content (AvgIpc) is 2.85. The first-order valence-corrected chi connectivity index (χ1v) is 6.35. The Morgan fingerprint density at radius 1 is 1.35 bits per heavy atom. The normalized spacial score (nSPS) is 45.4. The van der Waals surface area contributed by atoms with Crippen LogP contribution in [0.5, 0.6) is 0 Å². The molecule has 0 aromatic heterocycles. The largest absolute Gasteiger partial charge is 0.486 e. The Hall–Kier alpha value is -0.580. The molecule has 0 N–H and O–H groups in total. The van der Waals surface area contributed by atoms with Crippen molar-refractivity contribution in [3.8, 4) is 0 Å². The summed E-state index contributed by atoms with van der Waals surface area (Å²) in [5, 5.41) is 0. The van der Waals surface area contributed by atoms with Gasteiger partial charge in [-0.25, -0.2) is 0 Å². The van der Waals surface area contributed by atoms with Crippen LogP contribution in [0.2, 0.25) is 0 Å². The summed E-state index contributed by atoms with van der Waals surface area (Å²) in [5.74, 6) is 0.529. The third-order valence-electron chi connectivity index (χ3n) is 3.72. The second kappa shape index (κ2) is 3.70. The minimum Gasteiger partial charge on any atom is -0.486 e. The van der Waals surface area contributed by atoms with Crippen molar-refractivity contribution >= 4 is 0 Å². The monoisotopic (exact) mass is 240 g/mol. The van der Waals surface area contributed by atoms with Crippen LogP contribution in [0.1, 0.15) is 34.1 Å². The van der Waals surface area contributed by atoms with Gasteiger partial charge in [0.25, 0.3) is 0 Å². The van der Waals surface area contributed by atoms with Crippen LogP contribution in [-0.4, -0.2) is 36.8 Å². The molecule has 3 rings (SSSR count). The quantitative estimate of drug-likeness (QED) is 0.692. The van der Waals surface area contributed by atoms with Gasteiger partial charge in [-0.2, -0.15) is 0 Å². The summed E-state index contributed by atoms with van der Waals surface area (Å²) >= 11 is 0. The number of hydrogen-bond acceptors (Lipinski definition) is 4. The second-order valence-corrected chi connectivity index (χ2v) is 5.47. The van der Waals surface area contributed by atoms with Crippen molar-refractivity contribution in [2.24, 2.45) is 0 Å². The first kappa shape index (κ1) is 11.5. The molecule has 96 valence electrons. The predicted molar refractivity (Wildman–Crippen MR) is 61.4 cm³/mol. The van der Waals surface area contributed by atoms with Gasteiger partial charge < -0.3 is 18.9 Å². The van der Waals surface area contributed by atoms with E-state index < -0.39 is 5.79 Å². The van der Waals surface area contributed by atoms with Crippen molar-refractivity contribution in [2.75, 3.05) is 6.61 Å². The van der Waals surface area contributed by atoms with E-state index in [1.54, 1.807) is 0 Å². The number of hydrogen-bond donors (Lipinski definition) is 0. The van der Waals surface area contributed by atoms with Crippen LogP contribution in [0.15, 0.2) is 11.3 Å². The Labute approximate surface area is 102 Å². The van der Waals surface area contributed by atoms with Crippen LogP contribution >= 0.6 is 0 Å². The van der Waals surface area contributed by atoms with Gasteiger partial charge in [0.1, 0.15) is 24.1 Å². The number of rotatable bonds is 2. The molecule has 0 aliphatic carbocycles. The molecule has 0 unspecified atom stereocenters. The molecule has 4 atom stereocenters. The van der Waals surface area contributed by atoms with Crippen LogP contribution < -0.4 is 0 Å². The molecular formula is C13H20O4. The fraction of sp³-hybridized carbons (Fsp3) is 0.846. The number of epoxide rings is 1. The van der Waals surface area contributed by atoms with Crippen LogP contribution in [0.25, 0.3) is 0 Å². The van der Waals surface area contributed by atoms with Gasteiger partial charge in [-0.15, -0.1) is 0 Å². The lowest BCUT2D eigenvalue weighted by Crippen LogP contribution is -2.34. The van der Waals surface area contributed by atoms with Crippen LogP contribution in [0.4, 0.5) is 0 Å². The predicted octanol–water partition coefficient (Wildman–Crippen LogP) is 1.99. The SMILES string of the molecule is CC/C(C)=C1/O[C@H]([C@@H]2COC(C)(C)O2)[C@@H]2O[C@H]12. The van der Waals surface area contributed by atoms with E-state index in [4.69, 9.17) is 18.9 Å². The number of ether oxygens (including phenoxy) is 4. The van der Waals surface area contributed by atoms with E-state index in [0.29, 0.717) is 6.61 Å². The van der Waals surface area contributed by atoms with E-state index in [2.05, 4.69) is 13.8 Å². The minimum absolute atomic E-state index is 0.00160. The van der Waals surface area contributed by atoms with E-state index >= 15 is 0 Å². The highest BCUT2D eigenvalue weighted by atomic mass is 16.8. The summed E-state index contributed by atoms with van der Waals surface area (Å²) in [6.07, 6.45) is 1.34. The average molecular weight is 240 g/mol. The third-order valence-corrected chi connectivity index (χ3v) is 3.72. The molecule has 0 aromatic rings. The number of fused-ring (bicyclic) bond motifs is 1. The lowest BCUT2D eigenvalue weighted by Gasteiger charge is -2.22. The van der Waals surface area contributed by atoms with Gasteiger partial charge in [-0.3, -0.25) is 0 Å². The molecule has 3 saturated heterocycles. The van der Waals surface area contributed by atoms with Gasteiger partial charge in [0.15, 0.2) is 11.9 Å². The van der Waals surface area contributed by atoms with Crippen LogP contribution in [0, 0.1) is 0 Å². The Balaban J connectivity index is 1.72. The highest BCUT2D eigenvalue weighted by molar-refractivity contribution is 5.25. The maximum Gasteiger partial charge on any atom is 0.163 e. The van der Waals surface area contributed by atoms with E-state index in [1.165, 1.54) is 5.57 Å². The molecule has 0 bridgehead atoms. The molecule has 0 spiro atoms. The second-order valence-electron chi connectivity index (χ2n) is 5.47. The van der Waals surface area contributed by atoms with Gasteiger partial charge in [0.2, 0.25) is 0 Å². The molecule has 0 aromatic carbocycles. The smallest absolute Gasteiger partial charge is 0.163 e.